The number of aliphatic hydroxyl groups is 1. The van der Waals surface area contributed by atoms with Crippen LogP contribution in [0.15, 0.2) is 54.0 Å². The van der Waals surface area contributed by atoms with Crippen molar-refractivity contribution >= 4 is 17.0 Å². The van der Waals surface area contributed by atoms with Gasteiger partial charge in [-0.15, -0.1) is 11.3 Å². The third-order valence-corrected chi connectivity index (χ3v) is 5.08. The van der Waals surface area contributed by atoms with Gasteiger partial charge in [-0.25, -0.2) is 9.37 Å². The second-order valence-electron chi connectivity index (χ2n) is 5.59. The van der Waals surface area contributed by atoms with Crippen molar-refractivity contribution in [2.45, 2.75) is 13.5 Å². The number of aliphatic hydroxyl groups excluding tert-OH is 1. The number of fused-ring (bicyclic) bond motifs is 1. The van der Waals surface area contributed by atoms with Crippen LogP contribution in [0.3, 0.4) is 0 Å². The van der Waals surface area contributed by atoms with Gasteiger partial charge in [0, 0.05) is 17.5 Å². The average molecular weight is 338 g/mol. The van der Waals surface area contributed by atoms with E-state index in [0.29, 0.717) is 11.1 Å². The molecule has 5 heteroatoms. The molecule has 0 atom stereocenters. The zero-order valence-electron chi connectivity index (χ0n) is 13.0. The fourth-order valence-electron chi connectivity index (χ4n) is 2.96. The van der Waals surface area contributed by atoms with Crippen LogP contribution in [-0.4, -0.2) is 14.5 Å². The molecule has 4 rings (SSSR count). The highest BCUT2D eigenvalue weighted by molar-refractivity contribution is 7.13. The normalized spacial score (nSPS) is 11.3. The van der Waals surface area contributed by atoms with Gasteiger partial charge in [-0.3, -0.25) is 0 Å². The van der Waals surface area contributed by atoms with Crippen LogP contribution in [0.25, 0.3) is 27.3 Å². The molecule has 0 aliphatic heterocycles. The van der Waals surface area contributed by atoms with Gasteiger partial charge in [0.2, 0.25) is 0 Å². The summed E-state index contributed by atoms with van der Waals surface area (Å²) in [5.41, 5.74) is 4.71. The minimum Gasteiger partial charge on any atom is -0.392 e. The maximum absolute atomic E-state index is 13.9. The average Bonchev–Trinajstić information content (AvgIpc) is 3.22. The first-order chi connectivity index (χ1) is 11.7. The molecule has 4 aromatic rings. The van der Waals surface area contributed by atoms with Gasteiger partial charge in [-0.1, -0.05) is 18.2 Å². The quantitative estimate of drug-likeness (QED) is 0.589. The number of aromatic nitrogens is 2. The van der Waals surface area contributed by atoms with Crippen molar-refractivity contribution < 1.29 is 9.50 Å². The molecule has 0 bridgehead atoms. The van der Waals surface area contributed by atoms with Crippen molar-refractivity contribution in [3.63, 3.8) is 0 Å². The molecule has 0 aliphatic rings. The van der Waals surface area contributed by atoms with Crippen molar-refractivity contribution in [2.24, 2.45) is 0 Å². The molecule has 0 saturated heterocycles. The number of hydrogen-bond acceptors (Lipinski definition) is 3. The Balaban J connectivity index is 1.91. The van der Waals surface area contributed by atoms with Crippen LogP contribution in [0, 0.1) is 12.7 Å². The maximum Gasteiger partial charge on any atom is 0.137 e. The highest BCUT2D eigenvalue weighted by atomic mass is 32.1. The van der Waals surface area contributed by atoms with Gasteiger partial charge in [-0.05, 0) is 47.7 Å². The maximum atomic E-state index is 13.9. The van der Waals surface area contributed by atoms with Gasteiger partial charge in [0.05, 0.1) is 11.5 Å². The van der Waals surface area contributed by atoms with E-state index in [1.165, 1.54) is 6.07 Å². The number of aryl methyl sites for hydroxylation is 1. The molecule has 24 heavy (non-hydrogen) atoms. The minimum absolute atomic E-state index is 0.313. The molecular weight excluding hydrogens is 323 g/mol. The number of rotatable bonds is 3. The smallest absolute Gasteiger partial charge is 0.137 e. The van der Waals surface area contributed by atoms with Gasteiger partial charge in [-0.2, -0.15) is 0 Å². The molecule has 0 aliphatic carbocycles. The highest BCUT2D eigenvalue weighted by Gasteiger charge is 2.14. The Morgan fingerprint density at radius 2 is 2.04 bits per heavy atom. The first kappa shape index (κ1) is 15.1. The molecule has 0 saturated carbocycles. The number of imidazole rings is 1. The lowest BCUT2D eigenvalue weighted by Crippen LogP contribution is -1.96. The van der Waals surface area contributed by atoms with Crippen LogP contribution in [0.4, 0.5) is 4.39 Å². The molecule has 1 aromatic carbocycles. The van der Waals surface area contributed by atoms with E-state index in [-0.39, 0.29) is 6.61 Å². The Morgan fingerprint density at radius 3 is 2.79 bits per heavy atom. The Morgan fingerprint density at radius 1 is 1.17 bits per heavy atom. The zero-order chi connectivity index (χ0) is 16.7. The Labute approximate surface area is 142 Å². The van der Waals surface area contributed by atoms with Crippen LogP contribution in [0.2, 0.25) is 0 Å². The summed E-state index contributed by atoms with van der Waals surface area (Å²) >= 11 is 1.66. The summed E-state index contributed by atoms with van der Waals surface area (Å²) in [6.07, 6.45) is 1.95. The summed E-state index contributed by atoms with van der Waals surface area (Å²) in [7, 11) is 0. The van der Waals surface area contributed by atoms with Gasteiger partial charge in [0.25, 0.3) is 0 Å². The Kier molecular flexibility index (Phi) is 3.67. The third-order valence-electron chi connectivity index (χ3n) is 4.20. The lowest BCUT2D eigenvalue weighted by Gasteiger charge is -2.09. The number of pyridine rings is 1. The lowest BCUT2D eigenvalue weighted by atomic mass is 10.0. The highest BCUT2D eigenvalue weighted by Crippen LogP contribution is 2.31. The number of halogens is 1. The molecule has 3 heterocycles. The third kappa shape index (κ3) is 2.33. The van der Waals surface area contributed by atoms with Crippen LogP contribution in [0.5, 0.6) is 0 Å². The van der Waals surface area contributed by atoms with Crippen LogP contribution < -0.4 is 0 Å². The van der Waals surface area contributed by atoms with E-state index < -0.39 is 5.82 Å². The van der Waals surface area contributed by atoms with Crippen molar-refractivity contribution in [1.82, 2.24) is 9.38 Å². The molecule has 1 N–H and O–H groups in total. The van der Waals surface area contributed by atoms with Crippen LogP contribution >= 0.6 is 11.3 Å². The van der Waals surface area contributed by atoms with E-state index in [0.717, 1.165) is 27.5 Å². The molecule has 0 spiro atoms. The van der Waals surface area contributed by atoms with E-state index in [9.17, 15) is 9.50 Å². The Hall–Kier alpha value is -2.50. The SMILES string of the molecule is Cc1c(-c2cccs2)nc2ccc(-c3cccc(F)c3CO)cn12. The van der Waals surface area contributed by atoms with E-state index in [1.807, 2.05) is 47.2 Å². The summed E-state index contributed by atoms with van der Waals surface area (Å²) in [6, 6.07) is 12.7. The van der Waals surface area contributed by atoms with E-state index in [1.54, 1.807) is 17.4 Å². The minimum atomic E-state index is -0.392. The molecule has 3 aromatic heterocycles. The van der Waals surface area contributed by atoms with E-state index in [4.69, 9.17) is 4.98 Å². The van der Waals surface area contributed by atoms with Crippen molar-refractivity contribution in [3.05, 3.63) is 71.1 Å². The molecular formula is C19H15FN2OS. The van der Waals surface area contributed by atoms with Crippen molar-refractivity contribution in [1.29, 1.82) is 0 Å². The molecule has 0 radical (unpaired) electrons. The number of benzene rings is 1. The van der Waals surface area contributed by atoms with Gasteiger partial charge < -0.3 is 9.51 Å². The summed E-state index contributed by atoms with van der Waals surface area (Å²) in [6.45, 7) is 1.70. The lowest BCUT2D eigenvalue weighted by molar-refractivity contribution is 0.276. The molecule has 3 nitrogen and oxygen atoms in total. The number of thiophene rings is 1. The fourth-order valence-corrected chi connectivity index (χ4v) is 3.72. The molecule has 120 valence electrons. The number of hydrogen-bond donors (Lipinski definition) is 1. The van der Waals surface area contributed by atoms with Crippen LogP contribution in [0.1, 0.15) is 11.3 Å². The van der Waals surface area contributed by atoms with E-state index in [2.05, 4.69) is 6.07 Å². The first-order valence-electron chi connectivity index (χ1n) is 7.60. The van der Waals surface area contributed by atoms with E-state index >= 15 is 0 Å². The molecule has 0 amide bonds. The van der Waals surface area contributed by atoms with Crippen molar-refractivity contribution in [3.8, 4) is 21.7 Å². The topological polar surface area (TPSA) is 37.5 Å². The van der Waals surface area contributed by atoms with Gasteiger partial charge in [0.15, 0.2) is 0 Å². The Bertz CT molecular complexity index is 1020. The first-order valence-corrected chi connectivity index (χ1v) is 8.48. The number of nitrogens with zero attached hydrogens (tertiary/aromatic N) is 2. The van der Waals surface area contributed by atoms with Gasteiger partial charge in [0.1, 0.15) is 17.2 Å². The predicted molar refractivity (Wildman–Crippen MR) is 94.6 cm³/mol. The summed E-state index contributed by atoms with van der Waals surface area (Å²) < 4.78 is 16.0. The second kappa shape index (κ2) is 5.85. The second-order valence-corrected chi connectivity index (χ2v) is 6.54. The van der Waals surface area contributed by atoms with Gasteiger partial charge >= 0.3 is 0 Å². The zero-order valence-corrected chi connectivity index (χ0v) is 13.8. The molecule has 0 fully saturated rings. The summed E-state index contributed by atoms with van der Waals surface area (Å²) in [5.74, 6) is -0.392. The summed E-state index contributed by atoms with van der Waals surface area (Å²) in [5, 5.41) is 11.5. The van der Waals surface area contributed by atoms with Crippen LogP contribution in [-0.2, 0) is 6.61 Å². The monoisotopic (exact) mass is 338 g/mol. The standard InChI is InChI=1S/C19H15FN2OS/c1-12-19(17-6-3-9-24-17)21-18-8-7-13(10-22(12)18)14-4-2-5-16(20)15(14)11-23/h2-10,23H,11H2,1H3. The van der Waals surface area contributed by atoms with Crippen molar-refractivity contribution in [2.75, 3.05) is 0 Å². The predicted octanol–water partition coefficient (Wildman–Crippen LogP) is 4.67. The summed E-state index contributed by atoms with van der Waals surface area (Å²) in [4.78, 5) is 5.82. The largest absolute Gasteiger partial charge is 0.392 e. The molecule has 0 unspecified atom stereocenters. The fraction of sp³-hybridized carbons (Fsp3) is 0.105.